The van der Waals surface area contributed by atoms with Crippen LogP contribution in [-0.4, -0.2) is 13.1 Å². The second-order valence-electron chi connectivity index (χ2n) is 1.41. The molecule has 0 N–H and O–H groups in total. The molecule has 0 heterocycles. The van der Waals surface area contributed by atoms with Crippen molar-refractivity contribution in [1.29, 1.82) is 0 Å². The summed E-state index contributed by atoms with van der Waals surface area (Å²) in [7, 11) is 0. The lowest BCUT2D eigenvalue weighted by atomic mass is 10.3. The minimum absolute atomic E-state index is 0.301. The van der Waals surface area contributed by atoms with E-state index in [2.05, 4.69) is 10.4 Å². The van der Waals surface area contributed by atoms with E-state index in [0.717, 1.165) is 0 Å². The molecular weight excluding hydrogens is 108 g/mol. The van der Waals surface area contributed by atoms with Gasteiger partial charge in [-0.15, -0.1) is 0 Å². The van der Waals surface area contributed by atoms with Gasteiger partial charge in [-0.1, -0.05) is 10.4 Å². The molecule has 0 aromatic carbocycles. The lowest BCUT2D eigenvalue weighted by molar-refractivity contribution is 0.752. The fraction of sp³-hybridized carbons (Fsp3) is 1.00. The van der Waals surface area contributed by atoms with E-state index in [9.17, 15) is 9.81 Å². The summed E-state index contributed by atoms with van der Waals surface area (Å²) in [6, 6.07) is 0. The minimum atomic E-state index is 0.301. The van der Waals surface area contributed by atoms with Crippen molar-refractivity contribution in [2.24, 2.45) is 10.4 Å². The number of nitrogens with zero attached hydrogens (tertiary/aromatic N) is 2. The topological polar surface area (TPSA) is 58.9 Å². The van der Waals surface area contributed by atoms with Crippen LogP contribution in [0, 0.1) is 9.81 Å². The zero-order valence-electron chi connectivity index (χ0n) is 4.54. The first-order chi connectivity index (χ1) is 3.91. The Morgan fingerprint density at radius 1 is 0.875 bits per heavy atom. The standard InChI is InChI=1S/C4H8N2O2/c7-5-3-1-2-4-6-8/h1-4H2. The van der Waals surface area contributed by atoms with Gasteiger partial charge in [0, 0.05) is 0 Å². The molecule has 8 heavy (non-hydrogen) atoms. The van der Waals surface area contributed by atoms with E-state index in [1.807, 2.05) is 0 Å². The van der Waals surface area contributed by atoms with Gasteiger partial charge in [-0.05, 0) is 12.8 Å². The van der Waals surface area contributed by atoms with Gasteiger partial charge >= 0.3 is 0 Å². The van der Waals surface area contributed by atoms with Gasteiger partial charge in [0.2, 0.25) is 0 Å². The smallest absolute Gasteiger partial charge is 0.0811 e. The van der Waals surface area contributed by atoms with E-state index in [4.69, 9.17) is 0 Å². The maximum Gasteiger partial charge on any atom is 0.0811 e. The maximum absolute atomic E-state index is 9.41. The Morgan fingerprint density at radius 2 is 1.25 bits per heavy atom. The third-order valence-corrected chi connectivity index (χ3v) is 0.749. The largest absolute Gasteiger partial charge is 0.151 e. The molecule has 0 fully saturated rings. The highest BCUT2D eigenvalue weighted by Crippen LogP contribution is 1.88. The van der Waals surface area contributed by atoms with Gasteiger partial charge in [-0.25, -0.2) is 0 Å². The predicted molar refractivity (Wildman–Crippen MR) is 30.6 cm³/mol. The molecule has 0 saturated heterocycles. The van der Waals surface area contributed by atoms with Crippen LogP contribution in [0.25, 0.3) is 0 Å². The quantitative estimate of drug-likeness (QED) is 0.401. The molecule has 0 spiro atoms. The maximum atomic E-state index is 9.41. The summed E-state index contributed by atoms with van der Waals surface area (Å²) in [4.78, 5) is 18.8. The zero-order valence-corrected chi connectivity index (χ0v) is 4.54. The van der Waals surface area contributed by atoms with E-state index >= 15 is 0 Å². The molecule has 0 aliphatic carbocycles. The minimum Gasteiger partial charge on any atom is -0.151 e. The third kappa shape index (κ3) is 5.20. The number of nitroso groups, excluding NO2 is 2. The Balaban J connectivity index is 2.71. The highest BCUT2D eigenvalue weighted by Gasteiger charge is 1.84. The van der Waals surface area contributed by atoms with Crippen LogP contribution in [0.5, 0.6) is 0 Å². The monoisotopic (exact) mass is 116 g/mol. The lowest BCUT2D eigenvalue weighted by Gasteiger charge is -1.84. The van der Waals surface area contributed by atoms with Gasteiger partial charge in [0.15, 0.2) is 0 Å². The summed E-state index contributed by atoms with van der Waals surface area (Å²) in [5.41, 5.74) is 0. The molecule has 4 heteroatoms. The zero-order chi connectivity index (χ0) is 6.24. The predicted octanol–water partition coefficient (Wildman–Crippen LogP) is 1.30. The van der Waals surface area contributed by atoms with Crippen LogP contribution in [-0.2, 0) is 0 Å². The van der Waals surface area contributed by atoms with Gasteiger partial charge < -0.3 is 0 Å². The van der Waals surface area contributed by atoms with Crippen molar-refractivity contribution >= 4 is 0 Å². The number of hydrogen-bond acceptors (Lipinski definition) is 4. The molecule has 0 atom stereocenters. The Kier molecular flexibility index (Phi) is 5.58. The second-order valence-corrected chi connectivity index (χ2v) is 1.41. The molecule has 0 aromatic heterocycles. The van der Waals surface area contributed by atoms with Crippen LogP contribution in [0.4, 0.5) is 0 Å². The van der Waals surface area contributed by atoms with E-state index in [-0.39, 0.29) is 0 Å². The van der Waals surface area contributed by atoms with E-state index in [1.165, 1.54) is 0 Å². The van der Waals surface area contributed by atoms with Crippen molar-refractivity contribution in [3.8, 4) is 0 Å². The Morgan fingerprint density at radius 3 is 1.50 bits per heavy atom. The first-order valence-electron chi connectivity index (χ1n) is 2.50. The number of hydrogen-bond donors (Lipinski definition) is 0. The van der Waals surface area contributed by atoms with Crippen molar-refractivity contribution in [3.05, 3.63) is 9.81 Å². The van der Waals surface area contributed by atoms with E-state index in [0.29, 0.717) is 25.9 Å². The van der Waals surface area contributed by atoms with Gasteiger partial charge in [0.05, 0.1) is 13.1 Å². The SMILES string of the molecule is O=NCCCCN=O. The van der Waals surface area contributed by atoms with Crippen molar-refractivity contribution < 1.29 is 0 Å². The molecule has 0 amide bonds. The molecule has 46 valence electrons. The summed E-state index contributed by atoms with van der Waals surface area (Å²) in [6.45, 7) is 0.602. The van der Waals surface area contributed by atoms with Gasteiger partial charge in [-0.2, -0.15) is 9.81 Å². The normalized spacial score (nSPS) is 8.50. The molecule has 0 aliphatic rings. The Hall–Kier alpha value is -0.800. The summed E-state index contributed by atoms with van der Waals surface area (Å²) in [6.07, 6.45) is 1.35. The van der Waals surface area contributed by atoms with Crippen molar-refractivity contribution in [1.82, 2.24) is 0 Å². The van der Waals surface area contributed by atoms with Crippen molar-refractivity contribution in [3.63, 3.8) is 0 Å². The average Bonchev–Trinajstić information content (AvgIpc) is 1.81. The molecule has 0 radical (unpaired) electrons. The van der Waals surface area contributed by atoms with Gasteiger partial charge in [0.25, 0.3) is 0 Å². The van der Waals surface area contributed by atoms with Crippen molar-refractivity contribution in [2.45, 2.75) is 12.8 Å². The summed E-state index contributed by atoms with van der Waals surface area (Å²) < 4.78 is 0. The summed E-state index contributed by atoms with van der Waals surface area (Å²) >= 11 is 0. The Bertz CT molecular complexity index is 64.4. The average molecular weight is 116 g/mol. The highest BCUT2D eigenvalue weighted by molar-refractivity contribution is 4.45. The fourth-order valence-electron chi connectivity index (χ4n) is 0.353. The highest BCUT2D eigenvalue weighted by atomic mass is 16.3. The van der Waals surface area contributed by atoms with Crippen LogP contribution in [0.2, 0.25) is 0 Å². The molecule has 0 aromatic rings. The summed E-state index contributed by atoms with van der Waals surface area (Å²) in [5.74, 6) is 0. The lowest BCUT2D eigenvalue weighted by Crippen LogP contribution is -1.82. The van der Waals surface area contributed by atoms with Gasteiger partial charge in [0.1, 0.15) is 0 Å². The first kappa shape index (κ1) is 7.20. The van der Waals surface area contributed by atoms with Crippen LogP contribution in [0.3, 0.4) is 0 Å². The van der Waals surface area contributed by atoms with E-state index in [1.54, 1.807) is 0 Å². The number of unbranched alkanes of at least 4 members (excludes halogenated alkanes) is 1. The fourth-order valence-corrected chi connectivity index (χ4v) is 0.353. The third-order valence-electron chi connectivity index (χ3n) is 0.749. The van der Waals surface area contributed by atoms with Crippen LogP contribution < -0.4 is 0 Å². The van der Waals surface area contributed by atoms with Crippen molar-refractivity contribution in [2.75, 3.05) is 13.1 Å². The second kappa shape index (κ2) is 6.20. The van der Waals surface area contributed by atoms with Crippen LogP contribution in [0.15, 0.2) is 10.4 Å². The molecule has 0 unspecified atom stereocenters. The van der Waals surface area contributed by atoms with E-state index < -0.39 is 0 Å². The molecule has 0 bridgehead atoms. The summed E-state index contributed by atoms with van der Waals surface area (Å²) in [5, 5.41) is 5.23. The van der Waals surface area contributed by atoms with Gasteiger partial charge in [-0.3, -0.25) is 0 Å². The molecule has 0 aliphatic heterocycles. The van der Waals surface area contributed by atoms with Crippen LogP contribution in [0.1, 0.15) is 12.8 Å². The number of rotatable bonds is 5. The Labute approximate surface area is 47.2 Å². The molecule has 0 rings (SSSR count). The first-order valence-corrected chi connectivity index (χ1v) is 2.50. The molecule has 0 saturated carbocycles. The van der Waals surface area contributed by atoms with Crippen LogP contribution >= 0.6 is 0 Å². The molecular formula is C4H8N2O2. The molecule has 4 nitrogen and oxygen atoms in total.